The third kappa shape index (κ3) is 3.15. The van der Waals surface area contributed by atoms with Crippen LogP contribution in [0.1, 0.15) is 6.42 Å². The number of sulfonamides is 1. The number of anilines is 2. The highest BCUT2D eigenvalue weighted by Gasteiger charge is 2.18. The largest absolute Gasteiger partial charge is 0.397 e. The number of hydrogen-bond donors (Lipinski definition) is 3. The maximum atomic E-state index is 11.4. The highest BCUT2D eigenvalue weighted by Crippen LogP contribution is 2.26. The van der Waals surface area contributed by atoms with Crippen LogP contribution in [0.25, 0.3) is 0 Å². The van der Waals surface area contributed by atoms with Gasteiger partial charge in [0.05, 0.1) is 16.3 Å². The number of nitrogens with one attached hydrogen (secondary N) is 1. The fourth-order valence-electron chi connectivity index (χ4n) is 1.98. The molecule has 0 radical (unpaired) electrons. The summed E-state index contributed by atoms with van der Waals surface area (Å²) in [5.41, 5.74) is 6.91. The highest BCUT2D eigenvalue weighted by molar-refractivity contribution is 7.89. The molecule has 0 saturated carbocycles. The molecular weight excluding hydrogens is 268 g/mol. The molecule has 0 spiro atoms. The second-order valence-corrected chi connectivity index (χ2v) is 5.91. The lowest BCUT2D eigenvalue weighted by atomic mass is 10.2. The van der Waals surface area contributed by atoms with Gasteiger partial charge in [-0.2, -0.15) is 0 Å². The standard InChI is InChI=1S/C11H16N4O3S/c12-9-2-1-8(19(13,17)18)7-10(9)15-5-3-11(16)14-4-6-15/h1-2,7H,3-6,12H2,(H,14,16)(H2,13,17,18). The maximum Gasteiger partial charge on any atom is 0.238 e. The van der Waals surface area contributed by atoms with Crippen molar-refractivity contribution in [2.75, 3.05) is 30.3 Å². The number of rotatable bonds is 2. The predicted octanol–water partition coefficient (Wildman–Crippen LogP) is -0.758. The zero-order valence-corrected chi connectivity index (χ0v) is 11.1. The zero-order chi connectivity index (χ0) is 14.0. The summed E-state index contributed by atoms with van der Waals surface area (Å²) in [6, 6.07) is 4.32. The van der Waals surface area contributed by atoms with Crippen LogP contribution in [0.2, 0.25) is 0 Å². The van der Waals surface area contributed by atoms with Crippen molar-refractivity contribution in [3.63, 3.8) is 0 Å². The summed E-state index contributed by atoms with van der Waals surface area (Å²) >= 11 is 0. The van der Waals surface area contributed by atoms with E-state index in [4.69, 9.17) is 10.9 Å². The van der Waals surface area contributed by atoms with E-state index in [1.807, 2.05) is 4.90 Å². The van der Waals surface area contributed by atoms with Crippen molar-refractivity contribution in [2.45, 2.75) is 11.3 Å². The van der Waals surface area contributed by atoms with E-state index in [9.17, 15) is 13.2 Å². The zero-order valence-electron chi connectivity index (χ0n) is 10.3. The molecule has 8 heteroatoms. The molecule has 7 nitrogen and oxygen atoms in total. The van der Waals surface area contributed by atoms with E-state index in [1.165, 1.54) is 18.2 Å². The Kier molecular flexibility index (Phi) is 3.63. The van der Waals surface area contributed by atoms with Gasteiger partial charge in [0.1, 0.15) is 0 Å². The van der Waals surface area contributed by atoms with Gasteiger partial charge in [-0.3, -0.25) is 4.79 Å². The lowest BCUT2D eigenvalue weighted by Crippen LogP contribution is -2.29. The van der Waals surface area contributed by atoms with Gasteiger partial charge in [0.15, 0.2) is 0 Å². The number of carbonyl (C=O) groups excluding carboxylic acids is 1. The van der Waals surface area contributed by atoms with Gasteiger partial charge < -0.3 is 16.0 Å². The Morgan fingerprint density at radius 3 is 2.68 bits per heavy atom. The van der Waals surface area contributed by atoms with Gasteiger partial charge in [0.25, 0.3) is 0 Å². The highest BCUT2D eigenvalue weighted by atomic mass is 32.2. The first-order chi connectivity index (χ1) is 8.88. The number of nitrogens with two attached hydrogens (primary N) is 2. The third-order valence-corrected chi connectivity index (χ3v) is 3.89. The Bertz CT molecular complexity index is 600. The molecule has 0 unspecified atom stereocenters. The van der Waals surface area contributed by atoms with Crippen LogP contribution in [0, 0.1) is 0 Å². The molecule has 2 rings (SSSR count). The van der Waals surface area contributed by atoms with Gasteiger partial charge in [0.2, 0.25) is 15.9 Å². The maximum absolute atomic E-state index is 11.4. The molecule has 1 heterocycles. The van der Waals surface area contributed by atoms with Crippen molar-refractivity contribution in [3.8, 4) is 0 Å². The molecular formula is C11H16N4O3S. The molecule has 1 fully saturated rings. The number of nitrogen functional groups attached to an aromatic ring is 1. The van der Waals surface area contributed by atoms with Crippen molar-refractivity contribution in [2.24, 2.45) is 5.14 Å². The first-order valence-electron chi connectivity index (χ1n) is 5.82. The summed E-state index contributed by atoms with van der Waals surface area (Å²) in [5.74, 6) is -0.0244. The average Bonchev–Trinajstić information content (AvgIpc) is 2.53. The van der Waals surface area contributed by atoms with Crippen molar-refractivity contribution in [1.82, 2.24) is 5.32 Å². The molecule has 5 N–H and O–H groups in total. The van der Waals surface area contributed by atoms with Crippen molar-refractivity contribution >= 4 is 27.3 Å². The van der Waals surface area contributed by atoms with E-state index >= 15 is 0 Å². The van der Waals surface area contributed by atoms with Crippen molar-refractivity contribution < 1.29 is 13.2 Å². The Morgan fingerprint density at radius 2 is 2.00 bits per heavy atom. The smallest absolute Gasteiger partial charge is 0.238 e. The van der Waals surface area contributed by atoms with Crippen molar-refractivity contribution in [1.29, 1.82) is 0 Å². The minimum atomic E-state index is -3.77. The third-order valence-electron chi connectivity index (χ3n) is 2.98. The summed E-state index contributed by atoms with van der Waals surface area (Å²) in [7, 11) is -3.77. The van der Waals surface area contributed by atoms with Gasteiger partial charge in [-0.15, -0.1) is 0 Å². The first kappa shape index (κ1) is 13.6. The van der Waals surface area contributed by atoms with E-state index in [0.717, 1.165) is 0 Å². The summed E-state index contributed by atoms with van der Waals surface area (Å²) < 4.78 is 22.7. The monoisotopic (exact) mass is 284 g/mol. The molecule has 1 aromatic carbocycles. The predicted molar refractivity (Wildman–Crippen MR) is 72.1 cm³/mol. The van der Waals surface area contributed by atoms with Crippen LogP contribution >= 0.6 is 0 Å². The fourth-order valence-corrected chi connectivity index (χ4v) is 2.52. The van der Waals surface area contributed by atoms with Crippen LogP contribution in [0.3, 0.4) is 0 Å². The first-order valence-corrected chi connectivity index (χ1v) is 7.36. The van der Waals surface area contributed by atoms with Gasteiger partial charge in [-0.1, -0.05) is 0 Å². The Hall–Kier alpha value is -1.80. The molecule has 104 valence electrons. The topological polar surface area (TPSA) is 119 Å². The molecule has 0 bridgehead atoms. The second kappa shape index (κ2) is 5.06. The van der Waals surface area contributed by atoms with Crippen LogP contribution in [-0.4, -0.2) is 34.0 Å². The van der Waals surface area contributed by atoms with Crippen LogP contribution in [0.15, 0.2) is 23.1 Å². The van der Waals surface area contributed by atoms with E-state index in [1.54, 1.807) is 0 Å². The number of nitrogens with zero attached hydrogens (tertiary/aromatic N) is 1. The molecule has 1 aliphatic rings. The van der Waals surface area contributed by atoms with Gasteiger partial charge in [-0.25, -0.2) is 13.6 Å². The summed E-state index contributed by atoms with van der Waals surface area (Å²) in [5, 5.41) is 7.85. The summed E-state index contributed by atoms with van der Waals surface area (Å²) in [6.45, 7) is 1.56. The summed E-state index contributed by atoms with van der Waals surface area (Å²) in [4.78, 5) is 13.2. The fraction of sp³-hybridized carbons (Fsp3) is 0.364. The minimum Gasteiger partial charge on any atom is -0.397 e. The van der Waals surface area contributed by atoms with E-state index < -0.39 is 10.0 Å². The molecule has 1 aliphatic heterocycles. The average molecular weight is 284 g/mol. The van der Waals surface area contributed by atoms with Crippen LogP contribution in [-0.2, 0) is 14.8 Å². The number of amides is 1. The lowest BCUT2D eigenvalue weighted by Gasteiger charge is -2.23. The molecule has 1 saturated heterocycles. The van der Waals surface area contributed by atoms with Gasteiger partial charge in [0, 0.05) is 26.1 Å². The minimum absolute atomic E-state index is 0.0141. The number of carbonyl (C=O) groups is 1. The van der Waals surface area contributed by atoms with Gasteiger partial charge >= 0.3 is 0 Å². The number of primary sulfonamides is 1. The number of benzene rings is 1. The lowest BCUT2D eigenvalue weighted by molar-refractivity contribution is -0.120. The van der Waals surface area contributed by atoms with E-state index in [0.29, 0.717) is 37.4 Å². The number of hydrogen-bond acceptors (Lipinski definition) is 5. The molecule has 0 aromatic heterocycles. The Balaban J connectivity index is 2.35. The van der Waals surface area contributed by atoms with Crippen LogP contribution in [0.5, 0.6) is 0 Å². The second-order valence-electron chi connectivity index (χ2n) is 4.35. The Morgan fingerprint density at radius 1 is 1.26 bits per heavy atom. The SMILES string of the molecule is Nc1ccc(S(N)(=O)=O)cc1N1CCNC(=O)CC1. The Labute approximate surface area is 111 Å². The molecule has 0 aliphatic carbocycles. The molecule has 1 amide bonds. The van der Waals surface area contributed by atoms with Crippen LogP contribution in [0.4, 0.5) is 11.4 Å². The molecule has 0 atom stereocenters. The molecule has 1 aromatic rings. The quantitative estimate of drug-likeness (QED) is 0.617. The van der Waals surface area contributed by atoms with Gasteiger partial charge in [-0.05, 0) is 18.2 Å². The molecule has 19 heavy (non-hydrogen) atoms. The van der Waals surface area contributed by atoms with Crippen molar-refractivity contribution in [3.05, 3.63) is 18.2 Å². The normalized spacial score (nSPS) is 16.9. The van der Waals surface area contributed by atoms with E-state index in [-0.39, 0.29) is 10.8 Å². The van der Waals surface area contributed by atoms with E-state index in [2.05, 4.69) is 5.32 Å². The van der Waals surface area contributed by atoms with Crippen LogP contribution < -0.4 is 21.1 Å². The summed E-state index contributed by atoms with van der Waals surface area (Å²) in [6.07, 6.45) is 0.346.